The number of aliphatic hydroxyl groups excluding tert-OH is 1. The van der Waals surface area contributed by atoms with Crippen LogP contribution in [0.3, 0.4) is 0 Å². The summed E-state index contributed by atoms with van der Waals surface area (Å²) < 4.78 is 14.3. The summed E-state index contributed by atoms with van der Waals surface area (Å²) in [6.07, 6.45) is -0.521. The van der Waals surface area contributed by atoms with Crippen LogP contribution in [0.4, 0.5) is 4.39 Å². The molecule has 0 aliphatic heterocycles. The minimum Gasteiger partial charge on any atom is -0.389 e. The molecule has 0 amide bonds. The summed E-state index contributed by atoms with van der Waals surface area (Å²) in [7, 11) is 0. The summed E-state index contributed by atoms with van der Waals surface area (Å²) >= 11 is 4.77. The van der Waals surface area contributed by atoms with Crippen LogP contribution in [0, 0.1) is 5.82 Å². The van der Waals surface area contributed by atoms with Crippen LogP contribution in [-0.4, -0.2) is 5.11 Å². The Labute approximate surface area is 118 Å². The lowest BCUT2D eigenvalue weighted by molar-refractivity contribution is 0.198. The van der Waals surface area contributed by atoms with Gasteiger partial charge in [-0.25, -0.2) is 4.39 Å². The number of halogens is 2. The van der Waals surface area contributed by atoms with Crippen LogP contribution in [0.25, 0.3) is 0 Å². The lowest BCUT2D eigenvalue weighted by atomic mass is 10.1. The molecule has 0 aliphatic carbocycles. The third-order valence-electron chi connectivity index (χ3n) is 2.49. The van der Waals surface area contributed by atoms with E-state index in [-0.39, 0.29) is 5.82 Å². The minimum atomic E-state index is -0.521. The van der Waals surface area contributed by atoms with E-state index in [1.807, 2.05) is 24.3 Å². The van der Waals surface area contributed by atoms with Crippen molar-refractivity contribution >= 4 is 27.7 Å². The fourth-order valence-corrected chi connectivity index (χ4v) is 3.31. The first-order valence-corrected chi connectivity index (χ1v) is 7.09. The lowest BCUT2D eigenvalue weighted by Crippen LogP contribution is -1.92. The first-order chi connectivity index (χ1) is 8.58. The summed E-state index contributed by atoms with van der Waals surface area (Å²) in [6.45, 7) is 1.71. The highest BCUT2D eigenvalue weighted by atomic mass is 79.9. The molecule has 94 valence electrons. The Kier molecular flexibility index (Phi) is 4.43. The number of hydrogen-bond donors (Lipinski definition) is 1. The van der Waals surface area contributed by atoms with E-state index >= 15 is 0 Å². The average molecular weight is 327 g/mol. The van der Waals surface area contributed by atoms with Gasteiger partial charge in [-0.05, 0) is 36.8 Å². The van der Waals surface area contributed by atoms with Gasteiger partial charge in [0.05, 0.1) is 6.10 Å². The van der Waals surface area contributed by atoms with Gasteiger partial charge in [0.25, 0.3) is 0 Å². The molecule has 1 nitrogen and oxygen atoms in total. The van der Waals surface area contributed by atoms with Gasteiger partial charge in [0.2, 0.25) is 0 Å². The van der Waals surface area contributed by atoms with Crippen molar-refractivity contribution in [2.45, 2.75) is 22.8 Å². The number of benzene rings is 2. The van der Waals surface area contributed by atoms with E-state index in [1.54, 1.807) is 19.1 Å². The number of rotatable bonds is 3. The Hall–Kier alpha value is -0.840. The van der Waals surface area contributed by atoms with E-state index in [0.717, 1.165) is 14.9 Å². The molecule has 0 aliphatic rings. The van der Waals surface area contributed by atoms with E-state index in [0.29, 0.717) is 4.90 Å². The Morgan fingerprint density at radius 1 is 1.22 bits per heavy atom. The van der Waals surface area contributed by atoms with Crippen LogP contribution in [-0.2, 0) is 0 Å². The van der Waals surface area contributed by atoms with Crippen molar-refractivity contribution in [3.63, 3.8) is 0 Å². The van der Waals surface area contributed by atoms with Gasteiger partial charge in [-0.3, -0.25) is 0 Å². The summed E-state index contributed by atoms with van der Waals surface area (Å²) in [5.41, 5.74) is 0.827. The molecule has 1 N–H and O–H groups in total. The Morgan fingerprint density at radius 2 is 1.94 bits per heavy atom. The molecule has 0 bridgehead atoms. The topological polar surface area (TPSA) is 20.2 Å². The average Bonchev–Trinajstić information content (AvgIpc) is 2.32. The van der Waals surface area contributed by atoms with Crippen molar-refractivity contribution in [1.82, 2.24) is 0 Å². The van der Waals surface area contributed by atoms with Gasteiger partial charge in [-0.15, -0.1) is 0 Å². The molecular weight excluding hydrogens is 315 g/mol. The number of aliphatic hydroxyl groups is 1. The third kappa shape index (κ3) is 3.13. The highest BCUT2D eigenvalue weighted by Crippen LogP contribution is 2.33. The van der Waals surface area contributed by atoms with Gasteiger partial charge in [0.15, 0.2) is 0 Å². The van der Waals surface area contributed by atoms with Crippen molar-refractivity contribution in [3.05, 3.63) is 58.3 Å². The van der Waals surface area contributed by atoms with E-state index in [9.17, 15) is 9.50 Å². The zero-order valence-electron chi connectivity index (χ0n) is 9.73. The van der Waals surface area contributed by atoms with Crippen molar-refractivity contribution < 1.29 is 9.50 Å². The Balaban J connectivity index is 2.26. The van der Waals surface area contributed by atoms with Crippen molar-refractivity contribution in [2.24, 2.45) is 0 Å². The van der Waals surface area contributed by atoms with Gasteiger partial charge in [0, 0.05) is 14.3 Å². The molecule has 18 heavy (non-hydrogen) atoms. The normalized spacial score (nSPS) is 12.4. The summed E-state index contributed by atoms with van der Waals surface area (Å²) in [5.74, 6) is -0.224. The van der Waals surface area contributed by atoms with E-state index in [4.69, 9.17) is 0 Å². The van der Waals surface area contributed by atoms with E-state index in [2.05, 4.69) is 15.9 Å². The standard InChI is InChI=1S/C14H12BrFOS/c1-9(17)11-7-6-10(8-12(11)15)18-14-5-3-2-4-13(14)16/h2-9,17H,1H3/t9-/m1/s1. The zero-order valence-corrected chi connectivity index (χ0v) is 12.1. The monoisotopic (exact) mass is 326 g/mol. The van der Waals surface area contributed by atoms with Gasteiger partial charge in [-0.2, -0.15) is 0 Å². The van der Waals surface area contributed by atoms with Crippen molar-refractivity contribution in [1.29, 1.82) is 0 Å². The van der Waals surface area contributed by atoms with Crippen LogP contribution in [0.5, 0.6) is 0 Å². The van der Waals surface area contributed by atoms with Crippen molar-refractivity contribution in [2.75, 3.05) is 0 Å². The van der Waals surface area contributed by atoms with E-state index in [1.165, 1.54) is 17.8 Å². The maximum absolute atomic E-state index is 13.5. The lowest BCUT2D eigenvalue weighted by Gasteiger charge is -2.09. The quantitative estimate of drug-likeness (QED) is 0.874. The fraction of sp³-hybridized carbons (Fsp3) is 0.143. The van der Waals surface area contributed by atoms with Gasteiger partial charge in [-0.1, -0.05) is 45.9 Å². The summed E-state index contributed by atoms with van der Waals surface area (Å²) in [4.78, 5) is 1.52. The maximum atomic E-state index is 13.5. The molecule has 0 fully saturated rings. The first kappa shape index (κ1) is 13.6. The van der Waals surface area contributed by atoms with Crippen LogP contribution < -0.4 is 0 Å². The van der Waals surface area contributed by atoms with Crippen LogP contribution in [0.1, 0.15) is 18.6 Å². The molecule has 1 atom stereocenters. The molecule has 0 heterocycles. The fourth-order valence-electron chi connectivity index (χ4n) is 1.56. The third-order valence-corrected chi connectivity index (χ3v) is 4.21. The molecular formula is C14H12BrFOS. The second-order valence-electron chi connectivity index (χ2n) is 3.89. The molecule has 0 saturated heterocycles. The Morgan fingerprint density at radius 3 is 2.56 bits per heavy atom. The largest absolute Gasteiger partial charge is 0.389 e. The minimum absolute atomic E-state index is 0.224. The molecule has 4 heteroatoms. The van der Waals surface area contributed by atoms with Gasteiger partial charge in [0.1, 0.15) is 5.82 Å². The molecule has 2 aromatic carbocycles. The van der Waals surface area contributed by atoms with Crippen molar-refractivity contribution in [3.8, 4) is 0 Å². The van der Waals surface area contributed by atoms with E-state index < -0.39 is 6.10 Å². The SMILES string of the molecule is C[C@@H](O)c1ccc(Sc2ccccc2F)cc1Br. The maximum Gasteiger partial charge on any atom is 0.137 e. The van der Waals surface area contributed by atoms with Crippen LogP contribution in [0.2, 0.25) is 0 Å². The van der Waals surface area contributed by atoms with Gasteiger partial charge >= 0.3 is 0 Å². The number of hydrogen-bond acceptors (Lipinski definition) is 2. The Bertz CT molecular complexity index is 557. The molecule has 0 spiro atoms. The highest BCUT2D eigenvalue weighted by molar-refractivity contribution is 9.10. The molecule has 0 unspecified atom stereocenters. The second-order valence-corrected chi connectivity index (χ2v) is 5.86. The summed E-state index contributed by atoms with van der Waals surface area (Å²) in [5, 5.41) is 9.53. The molecule has 0 radical (unpaired) electrons. The first-order valence-electron chi connectivity index (χ1n) is 5.48. The second kappa shape index (κ2) is 5.87. The molecule has 2 rings (SSSR count). The molecule has 0 saturated carbocycles. The molecule has 0 aromatic heterocycles. The smallest absolute Gasteiger partial charge is 0.137 e. The van der Waals surface area contributed by atoms with Crippen LogP contribution >= 0.6 is 27.7 Å². The summed E-state index contributed by atoms with van der Waals surface area (Å²) in [6, 6.07) is 12.3. The highest BCUT2D eigenvalue weighted by Gasteiger charge is 2.08. The van der Waals surface area contributed by atoms with Gasteiger partial charge < -0.3 is 5.11 Å². The van der Waals surface area contributed by atoms with Crippen LogP contribution in [0.15, 0.2) is 56.7 Å². The molecule has 2 aromatic rings. The zero-order chi connectivity index (χ0) is 13.1. The predicted octanol–water partition coefficient (Wildman–Crippen LogP) is 4.79. The predicted molar refractivity (Wildman–Crippen MR) is 75.3 cm³/mol.